The van der Waals surface area contributed by atoms with Crippen molar-refractivity contribution in [1.82, 2.24) is 24.4 Å². The van der Waals surface area contributed by atoms with Gasteiger partial charge in [-0.2, -0.15) is 0 Å². The lowest BCUT2D eigenvalue weighted by atomic mass is 9.89. The predicted octanol–water partition coefficient (Wildman–Crippen LogP) is 3.94. The van der Waals surface area contributed by atoms with Crippen molar-refractivity contribution >= 4 is 39.8 Å². The zero-order chi connectivity index (χ0) is 24.4. The van der Waals surface area contributed by atoms with Crippen LogP contribution >= 0.6 is 0 Å². The largest absolute Gasteiger partial charge is 0.343 e. The molecule has 4 heterocycles. The minimum atomic E-state index is -0.127. The van der Waals surface area contributed by atoms with Gasteiger partial charge in [0.05, 0.1) is 11.6 Å². The number of carbonyl (C=O) groups excluding carboxylic acids is 1. The number of piperidine rings is 1. The highest BCUT2D eigenvalue weighted by Gasteiger charge is 2.22. The number of benzene rings is 1. The lowest BCUT2D eigenvalue weighted by Crippen LogP contribution is -2.36. The summed E-state index contributed by atoms with van der Waals surface area (Å²) in [6, 6.07) is 12.0. The molecular weight excluding hydrogens is 442 g/mol. The molecule has 1 aliphatic heterocycles. The van der Waals surface area contributed by atoms with Gasteiger partial charge in [-0.15, -0.1) is 0 Å². The van der Waals surface area contributed by atoms with Gasteiger partial charge in [-0.25, -0.2) is 9.97 Å². The number of likely N-dealkylation sites (tertiary alicyclic amines) is 1. The number of aryl methyl sites for hydroxylation is 1. The van der Waals surface area contributed by atoms with Gasteiger partial charge >= 0.3 is 0 Å². The number of hydrogen-bond acceptors (Lipinski definition) is 7. The summed E-state index contributed by atoms with van der Waals surface area (Å²) in [5.41, 5.74) is 1.97. The van der Waals surface area contributed by atoms with E-state index in [1.54, 1.807) is 43.3 Å². The second kappa shape index (κ2) is 9.54. The van der Waals surface area contributed by atoms with E-state index in [9.17, 15) is 9.59 Å². The Balaban J connectivity index is 1.42. The molecule has 178 valence electrons. The minimum Gasteiger partial charge on any atom is -0.343 e. The van der Waals surface area contributed by atoms with Crippen LogP contribution in [0.25, 0.3) is 10.8 Å². The molecule has 1 aromatic carbocycles. The number of amides is 1. The van der Waals surface area contributed by atoms with Gasteiger partial charge in [-0.1, -0.05) is 12.1 Å². The first-order valence-corrected chi connectivity index (χ1v) is 11.6. The van der Waals surface area contributed by atoms with Crippen LogP contribution in [0.15, 0.2) is 66.0 Å². The van der Waals surface area contributed by atoms with E-state index in [2.05, 4.69) is 37.7 Å². The summed E-state index contributed by atoms with van der Waals surface area (Å²) in [5.74, 6) is 2.17. The number of rotatable bonds is 5. The molecule has 0 saturated carbocycles. The Morgan fingerprint density at radius 3 is 2.49 bits per heavy atom. The molecule has 1 saturated heterocycles. The van der Waals surface area contributed by atoms with E-state index in [0.717, 1.165) is 37.0 Å². The van der Waals surface area contributed by atoms with Crippen molar-refractivity contribution in [3.63, 3.8) is 0 Å². The number of aromatic nitrogens is 4. The molecule has 0 bridgehead atoms. The molecule has 1 aliphatic rings. The smallest absolute Gasteiger partial charge is 0.261 e. The van der Waals surface area contributed by atoms with Crippen LogP contribution in [-0.4, -0.2) is 43.4 Å². The second-order valence-electron chi connectivity index (χ2n) is 8.80. The number of nitrogens with one attached hydrogen (secondary N) is 2. The monoisotopic (exact) mass is 469 g/mol. The molecule has 3 aromatic heterocycles. The van der Waals surface area contributed by atoms with Gasteiger partial charge < -0.3 is 20.1 Å². The third-order valence-electron chi connectivity index (χ3n) is 6.47. The van der Waals surface area contributed by atoms with Gasteiger partial charge in [0, 0.05) is 51.3 Å². The molecule has 5 rings (SSSR count). The Kier molecular flexibility index (Phi) is 6.13. The highest BCUT2D eigenvalue weighted by molar-refractivity contribution is 5.94. The van der Waals surface area contributed by atoms with Gasteiger partial charge in [-0.3, -0.25) is 14.6 Å². The number of pyridine rings is 2. The normalized spacial score (nSPS) is 14.2. The molecule has 0 aliphatic carbocycles. The van der Waals surface area contributed by atoms with Crippen molar-refractivity contribution in [2.45, 2.75) is 25.7 Å². The highest BCUT2D eigenvalue weighted by Crippen LogP contribution is 2.30. The number of carbonyl (C=O) groups is 1. The van der Waals surface area contributed by atoms with Crippen LogP contribution in [0.5, 0.6) is 0 Å². The van der Waals surface area contributed by atoms with E-state index in [4.69, 9.17) is 0 Å². The van der Waals surface area contributed by atoms with E-state index in [1.807, 2.05) is 29.2 Å². The number of nitrogens with zero attached hydrogens (tertiary/aromatic N) is 5. The van der Waals surface area contributed by atoms with Crippen LogP contribution in [0.4, 0.5) is 23.1 Å². The fraction of sp³-hybridized carbons (Fsp3) is 0.269. The van der Waals surface area contributed by atoms with Crippen molar-refractivity contribution in [1.29, 1.82) is 0 Å². The maximum Gasteiger partial charge on any atom is 0.261 e. The lowest BCUT2D eigenvalue weighted by molar-refractivity contribution is -0.129. The molecule has 1 fully saturated rings. The van der Waals surface area contributed by atoms with Crippen LogP contribution in [0.1, 0.15) is 31.2 Å². The van der Waals surface area contributed by atoms with Crippen molar-refractivity contribution in [3.8, 4) is 0 Å². The molecule has 9 nitrogen and oxygen atoms in total. The SMILES string of the molecule is CC(=O)N1CCC(c2ccc(Nc3nc(Nc4cnccn4)cc4ccn(C)c(=O)c34)cc2)CC1. The zero-order valence-electron chi connectivity index (χ0n) is 19.7. The maximum absolute atomic E-state index is 13.0. The first-order valence-electron chi connectivity index (χ1n) is 11.6. The molecule has 0 atom stereocenters. The molecular formula is C26H27N7O2. The maximum atomic E-state index is 13.0. The molecule has 0 spiro atoms. The van der Waals surface area contributed by atoms with Crippen LogP contribution in [0.2, 0.25) is 0 Å². The van der Waals surface area contributed by atoms with E-state index in [1.165, 1.54) is 5.56 Å². The third kappa shape index (κ3) is 4.84. The summed E-state index contributed by atoms with van der Waals surface area (Å²) in [6.45, 7) is 3.22. The van der Waals surface area contributed by atoms with E-state index in [0.29, 0.717) is 28.8 Å². The topological polar surface area (TPSA) is 105 Å². The molecule has 4 aromatic rings. The first-order chi connectivity index (χ1) is 17.0. The summed E-state index contributed by atoms with van der Waals surface area (Å²) >= 11 is 0. The summed E-state index contributed by atoms with van der Waals surface area (Å²) in [6.07, 6.45) is 8.49. The van der Waals surface area contributed by atoms with Gasteiger partial charge in [0.15, 0.2) is 0 Å². The Labute approximate surface area is 202 Å². The Morgan fingerprint density at radius 2 is 1.80 bits per heavy atom. The molecule has 35 heavy (non-hydrogen) atoms. The van der Waals surface area contributed by atoms with E-state index < -0.39 is 0 Å². The van der Waals surface area contributed by atoms with Crippen molar-refractivity contribution in [2.24, 2.45) is 7.05 Å². The standard InChI is InChI=1S/C26H27N7O2/c1-17(34)33-13-8-19(9-14-33)18-3-5-21(6-4-18)29-25-24-20(7-12-32(2)26(24)35)15-22(31-25)30-23-16-27-10-11-28-23/h3-7,10-12,15-16,19H,8-9,13-14H2,1-2H3,(H2,28,29,30,31). The van der Waals surface area contributed by atoms with Crippen LogP contribution in [0.3, 0.4) is 0 Å². The highest BCUT2D eigenvalue weighted by atomic mass is 16.2. The number of fused-ring (bicyclic) bond motifs is 1. The van der Waals surface area contributed by atoms with Gasteiger partial charge in [0.2, 0.25) is 5.91 Å². The van der Waals surface area contributed by atoms with Crippen LogP contribution in [0, 0.1) is 0 Å². The lowest BCUT2D eigenvalue weighted by Gasteiger charge is -2.31. The van der Waals surface area contributed by atoms with Crippen molar-refractivity contribution in [2.75, 3.05) is 23.7 Å². The van der Waals surface area contributed by atoms with Gasteiger partial charge in [0.25, 0.3) is 5.56 Å². The van der Waals surface area contributed by atoms with Gasteiger partial charge in [0.1, 0.15) is 17.5 Å². The minimum absolute atomic E-state index is 0.127. The summed E-state index contributed by atoms with van der Waals surface area (Å²) < 4.78 is 1.54. The van der Waals surface area contributed by atoms with Crippen LogP contribution in [-0.2, 0) is 11.8 Å². The molecule has 9 heteroatoms. The first kappa shape index (κ1) is 22.5. The average molecular weight is 470 g/mol. The quantitative estimate of drug-likeness (QED) is 0.456. The molecule has 0 unspecified atom stereocenters. The predicted molar refractivity (Wildman–Crippen MR) is 136 cm³/mol. The Hall–Kier alpha value is -4.27. The third-order valence-corrected chi connectivity index (χ3v) is 6.47. The number of anilines is 4. The molecule has 1 amide bonds. The fourth-order valence-electron chi connectivity index (χ4n) is 4.51. The zero-order valence-corrected chi connectivity index (χ0v) is 19.7. The van der Waals surface area contributed by atoms with Gasteiger partial charge in [-0.05, 0) is 54.0 Å². The molecule has 2 N–H and O–H groups in total. The Morgan fingerprint density at radius 1 is 1.03 bits per heavy atom. The molecule has 0 radical (unpaired) electrons. The Bertz CT molecular complexity index is 1410. The fourth-order valence-corrected chi connectivity index (χ4v) is 4.51. The summed E-state index contributed by atoms with van der Waals surface area (Å²) in [4.78, 5) is 39.5. The second-order valence-corrected chi connectivity index (χ2v) is 8.80. The van der Waals surface area contributed by atoms with E-state index in [-0.39, 0.29) is 11.5 Å². The van der Waals surface area contributed by atoms with Crippen LogP contribution < -0.4 is 16.2 Å². The average Bonchev–Trinajstić information content (AvgIpc) is 2.87. The summed E-state index contributed by atoms with van der Waals surface area (Å²) in [5, 5.41) is 7.78. The van der Waals surface area contributed by atoms with Crippen molar-refractivity contribution in [3.05, 3.63) is 77.1 Å². The summed E-state index contributed by atoms with van der Waals surface area (Å²) in [7, 11) is 1.73. The van der Waals surface area contributed by atoms with E-state index >= 15 is 0 Å². The van der Waals surface area contributed by atoms with Crippen molar-refractivity contribution < 1.29 is 4.79 Å². The number of hydrogen-bond donors (Lipinski definition) is 2.